The second kappa shape index (κ2) is 9.82. The molecule has 32 heavy (non-hydrogen) atoms. The van der Waals surface area contributed by atoms with Crippen molar-refractivity contribution in [3.8, 4) is 17.1 Å². The topological polar surface area (TPSA) is 96.8 Å². The normalized spacial score (nSPS) is 15.8. The van der Waals surface area contributed by atoms with Gasteiger partial charge in [-0.05, 0) is 49.1 Å². The molecule has 8 nitrogen and oxygen atoms in total. The van der Waals surface area contributed by atoms with E-state index < -0.39 is 6.09 Å². The van der Waals surface area contributed by atoms with Gasteiger partial charge in [0.25, 0.3) is 0 Å². The number of fused-ring (bicyclic) bond motifs is 1. The summed E-state index contributed by atoms with van der Waals surface area (Å²) in [6, 6.07) is 13.2. The number of carbonyl (C=O) groups excluding carboxylic acids is 1. The van der Waals surface area contributed by atoms with Crippen LogP contribution in [0.25, 0.3) is 22.3 Å². The third-order valence-electron chi connectivity index (χ3n) is 5.62. The molecule has 2 N–H and O–H groups in total. The SMILES string of the molecule is COCCOC(=O)NCC1CCN(c2nc(-c3ccccc3O)nc3cc(C)ccc23)C1. The summed E-state index contributed by atoms with van der Waals surface area (Å²) in [4.78, 5) is 23.6. The van der Waals surface area contributed by atoms with Crippen molar-refractivity contribution in [1.82, 2.24) is 15.3 Å². The van der Waals surface area contributed by atoms with Gasteiger partial charge in [0.15, 0.2) is 5.82 Å². The number of aromatic nitrogens is 2. The van der Waals surface area contributed by atoms with Crippen LogP contribution < -0.4 is 10.2 Å². The van der Waals surface area contributed by atoms with Crippen molar-refractivity contribution in [2.75, 3.05) is 44.9 Å². The number of nitrogens with one attached hydrogen (secondary N) is 1. The average Bonchev–Trinajstić information content (AvgIpc) is 3.26. The van der Waals surface area contributed by atoms with E-state index in [1.165, 1.54) is 0 Å². The minimum atomic E-state index is -0.426. The number of aryl methyl sites for hydroxylation is 1. The third kappa shape index (κ3) is 4.91. The van der Waals surface area contributed by atoms with Crippen LogP contribution in [0, 0.1) is 12.8 Å². The van der Waals surface area contributed by atoms with Crippen LogP contribution in [-0.2, 0) is 9.47 Å². The van der Waals surface area contributed by atoms with E-state index in [1.54, 1.807) is 19.2 Å². The zero-order valence-corrected chi connectivity index (χ0v) is 18.4. The van der Waals surface area contributed by atoms with E-state index in [0.29, 0.717) is 24.5 Å². The molecule has 3 aromatic rings. The number of rotatable bonds is 7. The Balaban J connectivity index is 1.55. The molecule has 1 aliphatic rings. The second-order valence-electron chi connectivity index (χ2n) is 8.02. The van der Waals surface area contributed by atoms with E-state index in [-0.39, 0.29) is 18.3 Å². The smallest absolute Gasteiger partial charge is 0.407 e. The van der Waals surface area contributed by atoms with Gasteiger partial charge in [0.1, 0.15) is 18.2 Å². The first kappa shape index (κ1) is 21.8. The van der Waals surface area contributed by atoms with E-state index >= 15 is 0 Å². The predicted octanol–water partition coefficient (Wildman–Crippen LogP) is 3.51. The molecule has 1 aliphatic heterocycles. The van der Waals surface area contributed by atoms with E-state index in [4.69, 9.17) is 19.4 Å². The molecule has 1 aromatic heterocycles. The van der Waals surface area contributed by atoms with Crippen molar-refractivity contribution in [1.29, 1.82) is 0 Å². The number of phenols is 1. The number of hydrogen-bond acceptors (Lipinski definition) is 7. The zero-order chi connectivity index (χ0) is 22.5. The van der Waals surface area contributed by atoms with Gasteiger partial charge in [-0.25, -0.2) is 14.8 Å². The number of methoxy groups -OCH3 is 1. The summed E-state index contributed by atoms with van der Waals surface area (Å²) < 4.78 is 9.95. The van der Waals surface area contributed by atoms with Crippen LogP contribution in [0.4, 0.5) is 10.6 Å². The van der Waals surface area contributed by atoms with E-state index in [1.807, 2.05) is 31.2 Å². The fourth-order valence-corrected chi connectivity index (χ4v) is 3.94. The molecular formula is C24H28N4O4. The third-order valence-corrected chi connectivity index (χ3v) is 5.62. The van der Waals surface area contributed by atoms with E-state index in [0.717, 1.165) is 41.8 Å². The van der Waals surface area contributed by atoms with Gasteiger partial charge in [-0.15, -0.1) is 0 Å². The Bertz CT molecular complexity index is 1100. The molecule has 0 spiro atoms. The first-order chi connectivity index (χ1) is 15.5. The fraction of sp³-hybridized carbons (Fsp3) is 0.375. The lowest BCUT2D eigenvalue weighted by atomic mass is 10.1. The summed E-state index contributed by atoms with van der Waals surface area (Å²) in [5, 5.41) is 14.1. The minimum absolute atomic E-state index is 0.154. The lowest BCUT2D eigenvalue weighted by Gasteiger charge is -2.21. The molecule has 0 saturated carbocycles. The number of para-hydroxylation sites is 1. The maximum absolute atomic E-state index is 11.8. The second-order valence-corrected chi connectivity index (χ2v) is 8.02. The summed E-state index contributed by atoms with van der Waals surface area (Å²) in [6.45, 7) is 4.77. The van der Waals surface area contributed by atoms with E-state index in [9.17, 15) is 9.90 Å². The highest BCUT2D eigenvalue weighted by molar-refractivity contribution is 5.92. The molecule has 1 amide bonds. The number of hydrogen-bond donors (Lipinski definition) is 2. The highest BCUT2D eigenvalue weighted by atomic mass is 16.6. The molecule has 2 heterocycles. The van der Waals surface area contributed by atoms with Gasteiger partial charge in [0.05, 0.1) is 17.7 Å². The van der Waals surface area contributed by atoms with Crippen LogP contribution in [0.2, 0.25) is 0 Å². The van der Waals surface area contributed by atoms with Gasteiger partial charge in [-0.1, -0.05) is 18.2 Å². The monoisotopic (exact) mass is 436 g/mol. The van der Waals surface area contributed by atoms with Gasteiger partial charge in [-0.2, -0.15) is 0 Å². The molecule has 2 aromatic carbocycles. The van der Waals surface area contributed by atoms with Crippen LogP contribution in [-0.4, -0.2) is 61.1 Å². The summed E-state index contributed by atoms with van der Waals surface area (Å²) in [7, 11) is 1.57. The molecule has 1 fully saturated rings. The lowest BCUT2D eigenvalue weighted by Crippen LogP contribution is -2.32. The predicted molar refractivity (Wildman–Crippen MR) is 123 cm³/mol. The fourth-order valence-electron chi connectivity index (χ4n) is 3.94. The molecule has 0 bridgehead atoms. The van der Waals surface area contributed by atoms with Gasteiger partial charge >= 0.3 is 6.09 Å². The molecule has 1 saturated heterocycles. The highest BCUT2D eigenvalue weighted by Gasteiger charge is 2.26. The van der Waals surface area contributed by atoms with Crippen molar-refractivity contribution in [2.45, 2.75) is 13.3 Å². The Morgan fingerprint density at radius 1 is 1.22 bits per heavy atom. The number of aromatic hydroxyl groups is 1. The van der Waals surface area contributed by atoms with Crippen molar-refractivity contribution in [3.05, 3.63) is 48.0 Å². The largest absolute Gasteiger partial charge is 0.507 e. The number of benzene rings is 2. The first-order valence-corrected chi connectivity index (χ1v) is 10.8. The van der Waals surface area contributed by atoms with Crippen molar-refractivity contribution in [3.63, 3.8) is 0 Å². The van der Waals surface area contributed by atoms with Crippen molar-refractivity contribution >= 4 is 22.8 Å². The van der Waals surface area contributed by atoms with Gasteiger partial charge in [0.2, 0.25) is 0 Å². The highest BCUT2D eigenvalue weighted by Crippen LogP contribution is 2.33. The van der Waals surface area contributed by atoms with Crippen LogP contribution in [0.1, 0.15) is 12.0 Å². The number of amides is 1. The standard InChI is InChI=1S/C24H28N4O4/c1-16-7-8-18-20(13-16)26-22(19-5-3-4-6-21(19)29)27-23(18)28-10-9-17(15-28)14-25-24(30)32-12-11-31-2/h3-8,13,17,29H,9-12,14-15H2,1-2H3,(H,25,30). The molecule has 8 heteroatoms. The number of ether oxygens (including phenoxy) is 2. The van der Waals surface area contributed by atoms with Crippen molar-refractivity contribution in [2.24, 2.45) is 5.92 Å². The van der Waals surface area contributed by atoms with Gasteiger partial charge in [-0.3, -0.25) is 0 Å². The zero-order valence-electron chi connectivity index (χ0n) is 18.4. The Morgan fingerprint density at radius 2 is 2.06 bits per heavy atom. The van der Waals surface area contributed by atoms with Crippen LogP contribution >= 0.6 is 0 Å². The Hall–Kier alpha value is -3.39. The summed E-state index contributed by atoms with van der Waals surface area (Å²) in [5.41, 5.74) is 2.56. The maximum atomic E-state index is 11.8. The summed E-state index contributed by atoms with van der Waals surface area (Å²) in [6.07, 6.45) is 0.507. The Labute approximate surface area is 187 Å². The first-order valence-electron chi connectivity index (χ1n) is 10.8. The van der Waals surface area contributed by atoms with Crippen LogP contribution in [0.15, 0.2) is 42.5 Å². The van der Waals surface area contributed by atoms with Crippen molar-refractivity contribution < 1.29 is 19.4 Å². The molecule has 1 atom stereocenters. The number of anilines is 1. The molecule has 4 rings (SSSR count). The Kier molecular flexibility index (Phi) is 6.70. The molecule has 1 unspecified atom stereocenters. The molecule has 0 radical (unpaired) electrons. The summed E-state index contributed by atoms with van der Waals surface area (Å²) in [5.74, 6) is 1.79. The number of nitrogens with zero attached hydrogens (tertiary/aromatic N) is 3. The minimum Gasteiger partial charge on any atom is -0.507 e. The molecular weight excluding hydrogens is 408 g/mol. The van der Waals surface area contributed by atoms with Crippen LogP contribution in [0.5, 0.6) is 5.75 Å². The lowest BCUT2D eigenvalue weighted by molar-refractivity contribution is 0.0979. The molecule has 168 valence electrons. The van der Waals surface area contributed by atoms with E-state index in [2.05, 4.69) is 16.3 Å². The quantitative estimate of drug-likeness (QED) is 0.547. The molecule has 0 aliphatic carbocycles. The Morgan fingerprint density at radius 3 is 2.88 bits per heavy atom. The average molecular weight is 437 g/mol. The number of alkyl carbamates (subject to hydrolysis) is 1. The van der Waals surface area contributed by atoms with Gasteiger partial charge in [0, 0.05) is 32.1 Å². The number of phenolic OH excluding ortho intramolecular Hbond substituents is 1. The maximum Gasteiger partial charge on any atom is 0.407 e. The van der Waals surface area contributed by atoms with Crippen LogP contribution in [0.3, 0.4) is 0 Å². The van der Waals surface area contributed by atoms with Gasteiger partial charge < -0.3 is 24.8 Å². The summed E-state index contributed by atoms with van der Waals surface area (Å²) >= 11 is 0. The number of carbonyl (C=O) groups is 1.